The van der Waals surface area contributed by atoms with Gasteiger partial charge in [-0.2, -0.15) is 0 Å². The first-order chi connectivity index (χ1) is 11.8. The molecule has 1 saturated heterocycles. The van der Waals surface area contributed by atoms with Crippen molar-refractivity contribution in [2.24, 2.45) is 0 Å². The highest BCUT2D eigenvalue weighted by atomic mass is 16.2. The van der Waals surface area contributed by atoms with Crippen molar-refractivity contribution in [1.29, 1.82) is 0 Å². The van der Waals surface area contributed by atoms with Gasteiger partial charge in [-0.15, -0.1) is 0 Å². The van der Waals surface area contributed by atoms with Gasteiger partial charge < -0.3 is 15.1 Å². The van der Waals surface area contributed by atoms with E-state index in [0.29, 0.717) is 32.6 Å². The predicted octanol–water partition coefficient (Wildman–Crippen LogP) is 1.54. The molecule has 0 aromatic heterocycles. The zero-order valence-electron chi connectivity index (χ0n) is 15.1. The third kappa shape index (κ3) is 3.38. The lowest BCUT2D eigenvalue weighted by Gasteiger charge is -2.22. The zero-order chi connectivity index (χ0) is 18.2. The molecule has 0 bridgehead atoms. The van der Waals surface area contributed by atoms with Crippen molar-refractivity contribution in [3.8, 4) is 0 Å². The van der Waals surface area contributed by atoms with E-state index in [2.05, 4.69) is 5.32 Å². The second-order valence-electron chi connectivity index (χ2n) is 7.38. The van der Waals surface area contributed by atoms with Crippen LogP contribution in [-0.4, -0.2) is 53.7 Å². The monoisotopic (exact) mass is 343 g/mol. The van der Waals surface area contributed by atoms with E-state index in [1.807, 2.05) is 36.9 Å². The molecule has 6 nitrogen and oxygen atoms in total. The van der Waals surface area contributed by atoms with Crippen molar-refractivity contribution in [2.75, 3.05) is 31.5 Å². The third-order valence-corrected chi connectivity index (χ3v) is 5.22. The molecule has 1 aromatic carbocycles. The molecule has 134 valence electrons. The molecule has 2 aliphatic rings. The largest absolute Gasteiger partial charge is 0.341 e. The first-order valence-electron chi connectivity index (χ1n) is 8.77. The lowest BCUT2D eigenvalue weighted by molar-refractivity contribution is -0.132. The summed E-state index contributed by atoms with van der Waals surface area (Å²) in [7, 11) is 0. The van der Waals surface area contributed by atoms with Crippen LogP contribution in [0.15, 0.2) is 18.2 Å². The molecule has 1 fully saturated rings. The molecule has 0 atom stereocenters. The molecule has 0 radical (unpaired) electrons. The standard InChI is InChI=1S/C19H25N3O3/c1-13(23)21-7-4-8-22(10-9-21)17(24)12-14-5-6-16-15(11-14)19(2,3)18(25)20-16/h5-6,11H,4,7-10,12H2,1-3H3,(H,20,25). The first-order valence-corrected chi connectivity index (χ1v) is 8.77. The summed E-state index contributed by atoms with van der Waals surface area (Å²) in [5.41, 5.74) is 2.12. The number of carbonyl (C=O) groups is 3. The summed E-state index contributed by atoms with van der Waals surface area (Å²) in [5, 5.41) is 2.88. The Morgan fingerprint density at radius 3 is 2.52 bits per heavy atom. The van der Waals surface area contributed by atoms with E-state index in [9.17, 15) is 14.4 Å². The van der Waals surface area contributed by atoms with Crippen LogP contribution in [0.3, 0.4) is 0 Å². The van der Waals surface area contributed by atoms with Gasteiger partial charge in [0.25, 0.3) is 0 Å². The minimum Gasteiger partial charge on any atom is -0.341 e. The molecular formula is C19H25N3O3. The molecule has 2 heterocycles. The van der Waals surface area contributed by atoms with Crippen LogP contribution in [0.5, 0.6) is 0 Å². The highest BCUT2D eigenvalue weighted by molar-refractivity contribution is 6.05. The van der Waals surface area contributed by atoms with Crippen LogP contribution in [0.25, 0.3) is 0 Å². The predicted molar refractivity (Wildman–Crippen MR) is 95.3 cm³/mol. The van der Waals surface area contributed by atoms with Gasteiger partial charge in [-0.1, -0.05) is 12.1 Å². The second kappa shape index (κ2) is 6.50. The Balaban J connectivity index is 1.69. The second-order valence-corrected chi connectivity index (χ2v) is 7.38. The summed E-state index contributed by atoms with van der Waals surface area (Å²) in [6.07, 6.45) is 1.12. The Hall–Kier alpha value is -2.37. The zero-order valence-corrected chi connectivity index (χ0v) is 15.1. The maximum Gasteiger partial charge on any atom is 0.234 e. The Labute approximate surface area is 148 Å². The molecular weight excluding hydrogens is 318 g/mol. The van der Waals surface area contributed by atoms with E-state index < -0.39 is 5.41 Å². The van der Waals surface area contributed by atoms with E-state index in [-0.39, 0.29) is 17.7 Å². The van der Waals surface area contributed by atoms with E-state index in [0.717, 1.165) is 23.2 Å². The van der Waals surface area contributed by atoms with Crippen LogP contribution in [0, 0.1) is 0 Å². The van der Waals surface area contributed by atoms with Gasteiger partial charge in [0.2, 0.25) is 17.7 Å². The fourth-order valence-corrected chi connectivity index (χ4v) is 3.50. The molecule has 0 unspecified atom stereocenters. The number of hydrogen-bond donors (Lipinski definition) is 1. The van der Waals surface area contributed by atoms with Crippen LogP contribution in [0.2, 0.25) is 0 Å². The van der Waals surface area contributed by atoms with Gasteiger partial charge in [0.1, 0.15) is 0 Å². The average Bonchev–Trinajstić information content (AvgIpc) is 2.75. The van der Waals surface area contributed by atoms with Gasteiger partial charge in [0.05, 0.1) is 11.8 Å². The SMILES string of the molecule is CC(=O)N1CCCN(C(=O)Cc2ccc3c(c2)C(C)(C)C(=O)N3)CC1. The summed E-state index contributed by atoms with van der Waals surface area (Å²) in [6, 6.07) is 5.74. The van der Waals surface area contributed by atoms with Crippen LogP contribution >= 0.6 is 0 Å². The molecule has 6 heteroatoms. The maximum atomic E-state index is 12.7. The van der Waals surface area contributed by atoms with Crippen molar-refractivity contribution < 1.29 is 14.4 Å². The quantitative estimate of drug-likeness (QED) is 0.885. The average molecular weight is 343 g/mol. The van der Waals surface area contributed by atoms with Crippen LogP contribution < -0.4 is 5.32 Å². The van der Waals surface area contributed by atoms with Crippen molar-refractivity contribution in [3.05, 3.63) is 29.3 Å². The Morgan fingerprint density at radius 2 is 1.80 bits per heavy atom. The summed E-state index contributed by atoms with van der Waals surface area (Å²) in [4.78, 5) is 39.8. The van der Waals surface area contributed by atoms with Gasteiger partial charge >= 0.3 is 0 Å². The fourth-order valence-electron chi connectivity index (χ4n) is 3.50. The number of nitrogens with zero attached hydrogens (tertiary/aromatic N) is 2. The Kier molecular flexibility index (Phi) is 4.54. The van der Waals surface area contributed by atoms with Crippen molar-refractivity contribution in [1.82, 2.24) is 9.80 Å². The van der Waals surface area contributed by atoms with Crippen LogP contribution in [-0.2, 0) is 26.2 Å². The van der Waals surface area contributed by atoms with E-state index in [1.165, 1.54) is 0 Å². The van der Waals surface area contributed by atoms with E-state index >= 15 is 0 Å². The van der Waals surface area contributed by atoms with Crippen molar-refractivity contribution in [3.63, 3.8) is 0 Å². The normalized spacial score (nSPS) is 19.2. The molecule has 25 heavy (non-hydrogen) atoms. The summed E-state index contributed by atoms with van der Waals surface area (Å²) >= 11 is 0. The minimum absolute atomic E-state index is 0.0113. The maximum absolute atomic E-state index is 12.7. The van der Waals surface area contributed by atoms with Gasteiger partial charge in [-0.3, -0.25) is 14.4 Å². The minimum atomic E-state index is -0.570. The van der Waals surface area contributed by atoms with Gasteiger partial charge in [0, 0.05) is 38.8 Å². The lowest BCUT2D eigenvalue weighted by atomic mass is 9.85. The highest BCUT2D eigenvalue weighted by Crippen LogP contribution is 2.37. The van der Waals surface area contributed by atoms with Gasteiger partial charge in [-0.25, -0.2) is 0 Å². The molecule has 0 saturated carbocycles. The fraction of sp³-hybridized carbons (Fsp3) is 0.526. The molecule has 1 N–H and O–H groups in total. The lowest BCUT2D eigenvalue weighted by Crippen LogP contribution is -2.37. The molecule has 2 aliphatic heterocycles. The molecule has 3 rings (SSSR count). The number of fused-ring (bicyclic) bond motifs is 1. The number of rotatable bonds is 2. The van der Waals surface area contributed by atoms with Crippen LogP contribution in [0.4, 0.5) is 5.69 Å². The summed E-state index contributed by atoms with van der Waals surface area (Å²) in [6.45, 7) is 7.92. The van der Waals surface area contributed by atoms with Gasteiger partial charge in [-0.05, 0) is 37.5 Å². The van der Waals surface area contributed by atoms with Crippen molar-refractivity contribution in [2.45, 2.75) is 39.0 Å². The number of carbonyl (C=O) groups excluding carboxylic acids is 3. The van der Waals surface area contributed by atoms with Gasteiger partial charge in [0.15, 0.2) is 0 Å². The van der Waals surface area contributed by atoms with Crippen molar-refractivity contribution >= 4 is 23.4 Å². The molecule has 1 aromatic rings. The Morgan fingerprint density at radius 1 is 1.12 bits per heavy atom. The van der Waals surface area contributed by atoms with E-state index in [1.54, 1.807) is 11.8 Å². The summed E-state index contributed by atoms with van der Waals surface area (Å²) < 4.78 is 0. The third-order valence-electron chi connectivity index (χ3n) is 5.22. The molecule has 3 amide bonds. The number of hydrogen-bond acceptors (Lipinski definition) is 3. The van der Waals surface area contributed by atoms with E-state index in [4.69, 9.17) is 0 Å². The highest BCUT2D eigenvalue weighted by Gasteiger charge is 2.38. The number of amides is 3. The Bertz CT molecular complexity index is 727. The summed E-state index contributed by atoms with van der Waals surface area (Å²) in [5.74, 6) is 0.121. The smallest absolute Gasteiger partial charge is 0.234 e. The number of benzene rings is 1. The topological polar surface area (TPSA) is 69.7 Å². The van der Waals surface area contributed by atoms with Crippen LogP contribution in [0.1, 0.15) is 38.3 Å². The molecule has 0 aliphatic carbocycles. The molecule has 0 spiro atoms. The number of anilines is 1. The first kappa shape index (κ1) is 17.5. The number of nitrogens with one attached hydrogen (secondary N) is 1.